The Morgan fingerprint density at radius 3 is 2.00 bits per heavy atom. The molecule has 196 valence electrons. The van der Waals surface area contributed by atoms with Gasteiger partial charge in [-0.3, -0.25) is 4.79 Å². The third kappa shape index (κ3) is 8.77. The molecule has 1 N–H and O–H groups in total. The normalized spacial score (nSPS) is 11.6. The second kappa shape index (κ2) is 13.6. The summed E-state index contributed by atoms with van der Waals surface area (Å²) in [5.41, 5.74) is 2.49. The molecule has 0 fully saturated rings. The van der Waals surface area contributed by atoms with Crippen molar-refractivity contribution in [3.8, 4) is 0 Å². The Labute approximate surface area is 220 Å². The van der Waals surface area contributed by atoms with E-state index >= 15 is 0 Å². The Bertz CT molecular complexity index is 1230. The van der Waals surface area contributed by atoms with Crippen LogP contribution < -0.4 is 5.32 Å². The number of alkyl halides is 3. The number of likely N-dealkylation sites (N-methyl/N-ethyl adjacent to an activating group) is 1. The number of nitrogens with zero attached hydrogens (tertiary/aromatic N) is 2. The summed E-state index contributed by atoms with van der Waals surface area (Å²) >= 11 is 0. The van der Waals surface area contributed by atoms with Crippen molar-refractivity contribution in [2.45, 2.75) is 25.6 Å². The van der Waals surface area contributed by atoms with Gasteiger partial charge in [-0.25, -0.2) is 0 Å². The summed E-state index contributed by atoms with van der Waals surface area (Å²) in [6, 6.07) is 26.0. The SMILES string of the molecule is CN(C)[C@H](Cc1ccccc1)c1ccccc1.Cc1oncc1C(=O)Nc1ccc(C(F)(F)F)cc1.Cl. The molecule has 4 rings (SSSR count). The molecule has 1 amide bonds. The van der Waals surface area contributed by atoms with E-state index in [9.17, 15) is 18.0 Å². The van der Waals surface area contributed by atoms with Crippen LogP contribution >= 0.6 is 12.4 Å². The highest BCUT2D eigenvalue weighted by molar-refractivity contribution is 6.04. The number of rotatable bonds is 6. The zero-order chi connectivity index (χ0) is 26.1. The number of hydrogen-bond acceptors (Lipinski definition) is 4. The molecule has 1 heterocycles. The summed E-state index contributed by atoms with van der Waals surface area (Å²) in [6.07, 6.45) is -2.10. The van der Waals surface area contributed by atoms with Crippen molar-refractivity contribution < 1.29 is 22.5 Å². The van der Waals surface area contributed by atoms with Gasteiger partial charge in [0.1, 0.15) is 11.3 Å². The highest BCUT2D eigenvalue weighted by atomic mass is 35.5. The summed E-state index contributed by atoms with van der Waals surface area (Å²) in [7, 11) is 4.28. The summed E-state index contributed by atoms with van der Waals surface area (Å²) < 4.78 is 41.8. The summed E-state index contributed by atoms with van der Waals surface area (Å²) in [5.74, 6) is -0.150. The standard InChI is InChI=1S/C16H19N.C12H9F3N2O2.ClH/c1-17(2)16(15-11-7-4-8-12-15)13-14-9-5-3-6-10-14;1-7-10(6-16-19-7)11(18)17-9-4-2-8(3-5-9)12(13,14)15;/h3-12,16H,13H2,1-2H3;2-6H,1H3,(H,17,18);1H/t16-;;/m1../s1. The molecular weight excluding hydrogens is 503 g/mol. The fraction of sp³-hybridized carbons (Fsp3) is 0.214. The first-order valence-electron chi connectivity index (χ1n) is 11.3. The minimum Gasteiger partial charge on any atom is -0.361 e. The van der Waals surface area contributed by atoms with E-state index in [1.54, 1.807) is 6.92 Å². The van der Waals surface area contributed by atoms with Crippen LogP contribution in [-0.4, -0.2) is 30.1 Å². The molecule has 9 heteroatoms. The Morgan fingerprint density at radius 1 is 0.946 bits per heavy atom. The lowest BCUT2D eigenvalue weighted by molar-refractivity contribution is -0.137. The predicted molar refractivity (Wildman–Crippen MR) is 141 cm³/mol. The van der Waals surface area contributed by atoms with Gasteiger partial charge >= 0.3 is 6.18 Å². The summed E-state index contributed by atoms with van der Waals surface area (Å²) in [4.78, 5) is 14.0. The van der Waals surface area contributed by atoms with Crippen LogP contribution in [0.3, 0.4) is 0 Å². The Kier molecular flexibility index (Phi) is 10.9. The first-order valence-corrected chi connectivity index (χ1v) is 11.3. The van der Waals surface area contributed by atoms with Crippen LogP contribution in [-0.2, 0) is 12.6 Å². The van der Waals surface area contributed by atoms with Crippen molar-refractivity contribution >= 4 is 24.0 Å². The van der Waals surface area contributed by atoms with Crippen molar-refractivity contribution in [2.24, 2.45) is 0 Å². The number of aromatic nitrogens is 1. The van der Waals surface area contributed by atoms with Gasteiger partial charge in [0, 0.05) is 11.7 Å². The van der Waals surface area contributed by atoms with Gasteiger partial charge in [-0.2, -0.15) is 13.2 Å². The third-order valence-electron chi connectivity index (χ3n) is 5.55. The Balaban J connectivity index is 0.000000255. The average Bonchev–Trinajstić information content (AvgIpc) is 3.30. The smallest absolute Gasteiger partial charge is 0.361 e. The molecule has 0 aliphatic carbocycles. The molecule has 0 bridgehead atoms. The number of carbonyl (C=O) groups is 1. The number of nitrogens with one attached hydrogen (secondary N) is 1. The van der Waals surface area contributed by atoms with E-state index in [-0.39, 0.29) is 23.7 Å². The lowest BCUT2D eigenvalue weighted by Crippen LogP contribution is -2.21. The van der Waals surface area contributed by atoms with Gasteiger partial charge in [0.2, 0.25) is 0 Å². The fourth-order valence-corrected chi connectivity index (χ4v) is 3.57. The number of anilines is 1. The van der Waals surface area contributed by atoms with Gasteiger partial charge in [-0.05, 0) is 62.8 Å². The van der Waals surface area contributed by atoms with Gasteiger partial charge in [0.25, 0.3) is 5.91 Å². The number of aryl methyl sites for hydroxylation is 1. The zero-order valence-corrected chi connectivity index (χ0v) is 21.5. The minimum atomic E-state index is -4.40. The van der Waals surface area contributed by atoms with Crippen LogP contribution in [0.25, 0.3) is 0 Å². The molecule has 0 saturated carbocycles. The summed E-state index contributed by atoms with van der Waals surface area (Å²) in [6.45, 7) is 1.56. The quantitative estimate of drug-likeness (QED) is 0.285. The van der Waals surface area contributed by atoms with Crippen molar-refractivity contribution in [3.05, 3.63) is 119 Å². The van der Waals surface area contributed by atoms with E-state index in [4.69, 9.17) is 4.52 Å². The largest absolute Gasteiger partial charge is 0.416 e. The van der Waals surface area contributed by atoms with Crippen molar-refractivity contribution in [1.82, 2.24) is 10.1 Å². The molecular formula is C28H29ClF3N3O2. The van der Waals surface area contributed by atoms with Crippen LogP contribution in [0.4, 0.5) is 18.9 Å². The topological polar surface area (TPSA) is 58.4 Å². The highest BCUT2D eigenvalue weighted by Gasteiger charge is 2.30. The Morgan fingerprint density at radius 2 is 1.51 bits per heavy atom. The number of amides is 1. The molecule has 3 aromatic carbocycles. The molecule has 37 heavy (non-hydrogen) atoms. The van der Waals surface area contributed by atoms with E-state index < -0.39 is 17.6 Å². The van der Waals surface area contributed by atoms with Crippen molar-refractivity contribution in [2.75, 3.05) is 19.4 Å². The van der Waals surface area contributed by atoms with Gasteiger partial charge in [-0.15, -0.1) is 12.4 Å². The van der Waals surface area contributed by atoms with Crippen LogP contribution in [0.1, 0.15) is 38.9 Å². The monoisotopic (exact) mass is 531 g/mol. The first-order chi connectivity index (χ1) is 17.1. The minimum absolute atomic E-state index is 0. The molecule has 0 aliphatic rings. The fourth-order valence-electron chi connectivity index (χ4n) is 3.57. The van der Waals surface area contributed by atoms with E-state index in [1.807, 2.05) is 0 Å². The summed E-state index contributed by atoms with van der Waals surface area (Å²) in [5, 5.41) is 5.90. The van der Waals surface area contributed by atoms with Crippen LogP contribution in [0.15, 0.2) is 95.6 Å². The molecule has 0 aliphatic heterocycles. The molecule has 4 aromatic rings. The third-order valence-corrected chi connectivity index (χ3v) is 5.55. The lowest BCUT2D eigenvalue weighted by atomic mass is 9.98. The van der Waals surface area contributed by atoms with E-state index in [2.05, 4.69) is 90.1 Å². The van der Waals surface area contributed by atoms with Gasteiger partial charge in [0.05, 0.1) is 11.8 Å². The van der Waals surface area contributed by atoms with Gasteiger partial charge in [0.15, 0.2) is 0 Å². The van der Waals surface area contributed by atoms with Crippen LogP contribution in [0.5, 0.6) is 0 Å². The maximum absolute atomic E-state index is 12.4. The highest BCUT2D eigenvalue weighted by Crippen LogP contribution is 2.30. The van der Waals surface area contributed by atoms with Gasteiger partial charge < -0.3 is 14.7 Å². The molecule has 5 nitrogen and oxygen atoms in total. The lowest BCUT2D eigenvalue weighted by Gasteiger charge is -2.25. The zero-order valence-electron chi connectivity index (χ0n) is 20.7. The van der Waals surface area contributed by atoms with E-state index in [1.165, 1.54) is 29.5 Å². The number of hydrogen-bond donors (Lipinski definition) is 1. The predicted octanol–water partition coefficient (Wildman–Crippen LogP) is 7.21. The second-order valence-electron chi connectivity index (χ2n) is 8.40. The van der Waals surface area contributed by atoms with Crippen LogP contribution in [0.2, 0.25) is 0 Å². The van der Waals surface area contributed by atoms with E-state index in [0.717, 1.165) is 18.6 Å². The van der Waals surface area contributed by atoms with E-state index in [0.29, 0.717) is 11.8 Å². The Hall–Kier alpha value is -3.62. The molecule has 1 aromatic heterocycles. The molecule has 0 spiro atoms. The number of halogens is 4. The van der Waals surface area contributed by atoms with Crippen molar-refractivity contribution in [1.29, 1.82) is 0 Å². The van der Waals surface area contributed by atoms with Crippen LogP contribution in [0, 0.1) is 6.92 Å². The molecule has 0 saturated heterocycles. The first kappa shape index (κ1) is 29.6. The maximum Gasteiger partial charge on any atom is 0.416 e. The number of carbonyl (C=O) groups excluding carboxylic acids is 1. The molecule has 1 atom stereocenters. The average molecular weight is 532 g/mol. The number of benzene rings is 3. The second-order valence-corrected chi connectivity index (χ2v) is 8.40. The van der Waals surface area contributed by atoms with Crippen molar-refractivity contribution in [3.63, 3.8) is 0 Å². The van der Waals surface area contributed by atoms with Gasteiger partial charge in [-0.1, -0.05) is 65.8 Å². The maximum atomic E-state index is 12.4. The molecule has 0 unspecified atom stereocenters. The molecule has 0 radical (unpaired) electrons.